The smallest absolute Gasteiger partial charge is 0.148 e. The van der Waals surface area contributed by atoms with Crippen LogP contribution in [0.3, 0.4) is 0 Å². The van der Waals surface area contributed by atoms with Crippen molar-refractivity contribution in [1.29, 1.82) is 0 Å². The van der Waals surface area contributed by atoms with Gasteiger partial charge in [0.2, 0.25) is 0 Å². The fourth-order valence-electron chi connectivity index (χ4n) is 2.23. The first-order valence-electron chi connectivity index (χ1n) is 6.11. The molecule has 4 nitrogen and oxygen atoms in total. The van der Waals surface area contributed by atoms with Crippen molar-refractivity contribution in [2.75, 3.05) is 0 Å². The van der Waals surface area contributed by atoms with Gasteiger partial charge in [0.05, 0.1) is 0 Å². The molecule has 18 heavy (non-hydrogen) atoms. The van der Waals surface area contributed by atoms with E-state index in [2.05, 4.69) is 10.0 Å². The highest BCUT2D eigenvalue weighted by molar-refractivity contribution is 5.92. The third-order valence-corrected chi connectivity index (χ3v) is 3.27. The van der Waals surface area contributed by atoms with Crippen LogP contribution in [0.2, 0.25) is 0 Å². The van der Waals surface area contributed by atoms with E-state index in [0.717, 1.165) is 18.4 Å². The van der Waals surface area contributed by atoms with Crippen LogP contribution < -0.4 is 0 Å². The highest BCUT2D eigenvalue weighted by atomic mass is 16.1. The Morgan fingerprint density at radius 3 is 2.72 bits per heavy atom. The lowest BCUT2D eigenvalue weighted by Gasteiger charge is -2.27. The summed E-state index contributed by atoms with van der Waals surface area (Å²) in [6.45, 7) is 0. The average Bonchev–Trinajstić information content (AvgIpc) is 2.41. The molecule has 0 heterocycles. The topological polar surface area (TPSA) is 65.8 Å². The van der Waals surface area contributed by atoms with E-state index in [-0.39, 0.29) is 5.78 Å². The van der Waals surface area contributed by atoms with Crippen LogP contribution in [0.5, 0.6) is 0 Å². The molecule has 0 aromatic heterocycles. The number of benzene rings is 1. The number of hydrogen-bond donors (Lipinski definition) is 0. The van der Waals surface area contributed by atoms with E-state index in [9.17, 15) is 4.79 Å². The maximum Gasteiger partial charge on any atom is 0.148 e. The molecular weight excluding hydrogens is 226 g/mol. The highest BCUT2D eigenvalue weighted by Crippen LogP contribution is 2.31. The number of nitrogens with zero attached hydrogens (tertiary/aromatic N) is 3. The molecule has 92 valence electrons. The largest absolute Gasteiger partial charge is 0.299 e. The van der Waals surface area contributed by atoms with Gasteiger partial charge in [0.1, 0.15) is 11.3 Å². The van der Waals surface area contributed by atoms with Crippen LogP contribution in [-0.4, -0.2) is 11.3 Å². The van der Waals surface area contributed by atoms with Gasteiger partial charge in [-0.25, -0.2) is 0 Å². The number of hydrogen-bond acceptors (Lipinski definition) is 2. The third-order valence-electron chi connectivity index (χ3n) is 3.27. The minimum absolute atomic E-state index is 0.0266. The van der Waals surface area contributed by atoms with Crippen LogP contribution in [-0.2, 0) is 4.79 Å². The summed E-state index contributed by atoms with van der Waals surface area (Å²) < 4.78 is 0. The standard InChI is InChI=1S/C14H15N3O/c15-17-16-14(10-5-4-8-13(14)18)11-9-12-6-2-1-3-7-12/h1-3,6-7,9,11H,4-5,8,10H2. The minimum atomic E-state index is -0.969. The van der Waals surface area contributed by atoms with Gasteiger partial charge in [-0.2, -0.15) is 0 Å². The molecular formula is C14H15N3O. The summed E-state index contributed by atoms with van der Waals surface area (Å²) in [6, 6.07) is 9.71. The summed E-state index contributed by atoms with van der Waals surface area (Å²) in [5.41, 5.74) is 8.70. The summed E-state index contributed by atoms with van der Waals surface area (Å²) >= 11 is 0. The maximum atomic E-state index is 12.0. The SMILES string of the molecule is [N-]=[N+]=NC1(C=Cc2ccccc2)CCCCC1=O. The van der Waals surface area contributed by atoms with Crippen LogP contribution in [0.4, 0.5) is 0 Å². The molecule has 1 aromatic rings. The molecule has 0 bridgehead atoms. The zero-order valence-corrected chi connectivity index (χ0v) is 10.1. The normalized spacial score (nSPS) is 23.9. The molecule has 4 heteroatoms. The van der Waals surface area contributed by atoms with Gasteiger partial charge in [0, 0.05) is 11.3 Å². The first-order chi connectivity index (χ1) is 8.77. The summed E-state index contributed by atoms with van der Waals surface area (Å²) in [7, 11) is 0. The zero-order chi connectivity index (χ0) is 12.8. The lowest BCUT2D eigenvalue weighted by molar-refractivity contribution is -0.124. The number of carbonyl (C=O) groups is 1. The third kappa shape index (κ3) is 2.60. The van der Waals surface area contributed by atoms with E-state index >= 15 is 0 Å². The minimum Gasteiger partial charge on any atom is -0.299 e. The van der Waals surface area contributed by atoms with Gasteiger partial charge in [0.25, 0.3) is 0 Å². The Morgan fingerprint density at radius 2 is 2.06 bits per heavy atom. The molecule has 1 aliphatic rings. The first kappa shape index (κ1) is 12.4. The molecule has 0 aliphatic heterocycles. The lowest BCUT2D eigenvalue weighted by atomic mass is 9.80. The Morgan fingerprint density at radius 1 is 1.28 bits per heavy atom. The maximum absolute atomic E-state index is 12.0. The summed E-state index contributed by atoms with van der Waals surface area (Å²) in [5.74, 6) is 0.0266. The second-order valence-corrected chi connectivity index (χ2v) is 4.49. The quantitative estimate of drug-likeness (QED) is 0.449. The number of azide groups is 1. The Labute approximate surface area is 106 Å². The van der Waals surface area contributed by atoms with Crippen molar-refractivity contribution in [3.63, 3.8) is 0 Å². The van der Waals surface area contributed by atoms with Crippen molar-refractivity contribution in [3.8, 4) is 0 Å². The fraction of sp³-hybridized carbons (Fsp3) is 0.357. The Balaban J connectivity index is 2.28. The lowest BCUT2D eigenvalue weighted by Crippen LogP contribution is -2.36. The molecule has 1 fully saturated rings. The number of rotatable bonds is 3. The van der Waals surface area contributed by atoms with Crippen LogP contribution >= 0.6 is 0 Å². The monoisotopic (exact) mass is 241 g/mol. The van der Waals surface area contributed by atoms with Crippen LogP contribution in [0.1, 0.15) is 31.2 Å². The molecule has 1 unspecified atom stereocenters. The van der Waals surface area contributed by atoms with Gasteiger partial charge in [-0.3, -0.25) is 4.79 Å². The molecule has 1 saturated carbocycles. The van der Waals surface area contributed by atoms with E-state index in [0.29, 0.717) is 12.8 Å². The van der Waals surface area contributed by atoms with Crippen molar-refractivity contribution >= 4 is 11.9 Å². The van der Waals surface area contributed by atoms with Crippen LogP contribution in [0, 0.1) is 0 Å². The molecule has 1 aromatic carbocycles. The van der Waals surface area contributed by atoms with Crippen LogP contribution in [0.25, 0.3) is 16.5 Å². The van der Waals surface area contributed by atoms with Gasteiger partial charge < -0.3 is 0 Å². The molecule has 0 radical (unpaired) electrons. The van der Waals surface area contributed by atoms with Crippen molar-refractivity contribution in [3.05, 3.63) is 52.4 Å². The van der Waals surface area contributed by atoms with Gasteiger partial charge in [-0.15, -0.1) is 0 Å². The van der Waals surface area contributed by atoms with E-state index in [1.165, 1.54) is 0 Å². The molecule has 0 amide bonds. The first-order valence-corrected chi connectivity index (χ1v) is 6.11. The van der Waals surface area contributed by atoms with Crippen molar-refractivity contribution in [2.45, 2.75) is 31.2 Å². The number of carbonyl (C=O) groups excluding carboxylic acids is 1. The second kappa shape index (κ2) is 5.52. The summed E-state index contributed by atoms with van der Waals surface area (Å²) in [4.78, 5) is 14.9. The Kier molecular flexibility index (Phi) is 3.80. The van der Waals surface area contributed by atoms with E-state index in [4.69, 9.17) is 5.53 Å². The van der Waals surface area contributed by atoms with Crippen molar-refractivity contribution < 1.29 is 4.79 Å². The predicted octanol–water partition coefficient (Wildman–Crippen LogP) is 3.89. The van der Waals surface area contributed by atoms with E-state index < -0.39 is 5.54 Å². The number of ketones is 1. The summed E-state index contributed by atoms with van der Waals surface area (Å²) in [6.07, 6.45) is 6.53. The van der Waals surface area contributed by atoms with E-state index in [1.807, 2.05) is 36.4 Å². The fourth-order valence-corrected chi connectivity index (χ4v) is 2.23. The molecule has 0 N–H and O–H groups in total. The van der Waals surface area contributed by atoms with E-state index in [1.54, 1.807) is 6.08 Å². The Bertz CT molecular complexity index is 503. The zero-order valence-electron chi connectivity index (χ0n) is 10.1. The van der Waals surface area contributed by atoms with Gasteiger partial charge in [-0.05, 0) is 23.9 Å². The van der Waals surface area contributed by atoms with Gasteiger partial charge >= 0.3 is 0 Å². The average molecular weight is 241 g/mol. The molecule has 0 saturated heterocycles. The Hall–Kier alpha value is -2.06. The number of Topliss-reactive ketones (excluding diaryl/α,β-unsaturated/α-hetero) is 1. The van der Waals surface area contributed by atoms with Gasteiger partial charge in [-0.1, -0.05) is 54.0 Å². The highest BCUT2D eigenvalue weighted by Gasteiger charge is 2.36. The molecule has 0 spiro atoms. The second-order valence-electron chi connectivity index (χ2n) is 4.49. The van der Waals surface area contributed by atoms with Gasteiger partial charge in [0.15, 0.2) is 0 Å². The van der Waals surface area contributed by atoms with Crippen LogP contribution in [0.15, 0.2) is 41.5 Å². The van der Waals surface area contributed by atoms with Crippen molar-refractivity contribution in [1.82, 2.24) is 0 Å². The summed E-state index contributed by atoms with van der Waals surface area (Å²) in [5, 5.41) is 3.76. The predicted molar refractivity (Wildman–Crippen MR) is 70.8 cm³/mol. The molecule has 1 aliphatic carbocycles. The van der Waals surface area contributed by atoms with Crippen molar-refractivity contribution in [2.24, 2.45) is 5.11 Å². The molecule has 1 atom stereocenters. The molecule has 2 rings (SSSR count).